The van der Waals surface area contributed by atoms with Crippen LogP contribution in [0.4, 0.5) is 0 Å². The fraction of sp³-hybridized carbons (Fsp3) is 0.0323. The average Bonchev–Trinajstić information content (AvgIpc) is 3.37. The topological polar surface area (TPSA) is 15.8 Å². The number of hydrogen-bond acceptors (Lipinski definition) is 1. The molecule has 8 rings (SSSR count). The number of aromatic amines is 1. The van der Waals surface area contributed by atoms with Crippen LogP contribution in [0.1, 0.15) is 22.3 Å². The third kappa shape index (κ3) is 2.10. The summed E-state index contributed by atoms with van der Waals surface area (Å²) in [6, 6.07) is 40.4. The Labute approximate surface area is 196 Å². The van der Waals surface area contributed by atoms with Crippen molar-refractivity contribution in [3.05, 3.63) is 131 Å². The number of aromatic nitrogens is 1. The Balaban J connectivity index is 1.60. The number of benzene rings is 5. The van der Waals surface area contributed by atoms with Crippen LogP contribution in [0.5, 0.6) is 0 Å². The minimum Gasteiger partial charge on any atom is -0.354 e. The lowest BCUT2D eigenvalue weighted by atomic mass is 9.67. The molecule has 0 fully saturated rings. The molecular weight excluding hydrogens is 418 g/mol. The summed E-state index contributed by atoms with van der Waals surface area (Å²) in [4.78, 5) is 6.33. The summed E-state index contributed by atoms with van der Waals surface area (Å²) in [6.07, 6.45) is 0. The van der Waals surface area contributed by atoms with Gasteiger partial charge in [0.05, 0.1) is 5.41 Å². The number of H-pyrrole nitrogens is 1. The molecule has 6 aromatic rings. The second-order valence-corrected chi connectivity index (χ2v) is 10.1. The summed E-state index contributed by atoms with van der Waals surface area (Å²) in [5.74, 6) is 0. The van der Waals surface area contributed by atoms with Crippen LogP contribution in [0.15, 0.2) is 119 Å². The minimum atomic E-state index is -0.309. The molecule has 2 heteroatoms. The fourth-order valence-electron chi connectivity index (χ4n) is 6.20. The van der Waals surface area contributed by atoms with Gasteiger partial charge in [0.1, 0.15) is 0 Å². The average molecular weight is 438 g/mol. The van der Waals surface area contributed by atoms with Gasteiger partial charge in [0, 0.05) is 31.6 Å². The molecule has 1 aliphatic heterocycles. The minimum absolute atomic E-state index is 0.309. The van der Waals surface area contributed by atoms with Crippen LogP contribution in [-0.4, -0.2) is 4.98 Å². The van der Waals surface area contributed by atoms with Crippen molar-refractivity contribution in [1.29, 1.82) is 0 Å². The third-order valence-corrected chi connectivity index (χ3v) is 8.61. The van der Waals surface area contributed by atoms with Crippen LogP contribution < -0.4 is 0 Å². The van der Waals surface area contributed by atoms with E-state index >= 15 is 0 Å². The van der Waals surface area contributed by atoms with E-state index in [0.717, 1.165) is 0 Å². The van der Waals surface area contributed by atoms with E-state index in [2.05, 4.69) is 114 Å². The molecule has 1 aromatic heterocycles. The standard InChI is InChI=1S/C31H19NS/c1-4-12-23-19(9-1)20-10-2-5-13-24(20)31(23)25-14-6-8-16-29(25)33-30-18-28-22(17-26(30)31)21-11-3-7-15-27(21)32-28/h1-18,32H. The van der Waals surface area contributed by atoms with Gasteiger partial charge in [0.25, 0.3) is 0 Å². The SMILES string of the molecule is c1ccc2c(c1)Sc1cc3[nH]c4ccccc4c3cc1C21c2ccccc2-c2ccccc21. The summed E-state index contributed by atoms with van der Waals surface area (Å²) in [5.41, 5.74) is 10.3. The Kier molecular flexibility index (Phi) is 3.33. The smallest absolute Gasteiger partial charge is 0.0735 e. The van der Waals surface area contributed by atoms with E-state index in [1.165, 1.54) is 65.0 Å². The van der Waals surface area contributed by atoms with Gasteiger partial charge < -0.3 is 4.98 Å². The first kappa shape index (κ1) is 17.8. The van der Waals surface area contributed by atoms with Crippen molar-refractivity contribution in [1.82, 2.24) is 4.98 Å². The molecule has 0 unspecified atom stereocenters. The molecule has 1 aliphatic carbocycles. The van der Waals surface area contributed by atoms with Gasteiger partial charge in [-0.2, -0.15) is 0 Å². The van der Waals surface area contributed by atoms with E-state index in [1.54, 1.807) is 0 Å². The van der Waals surface area contributed by atoms with Gasteiger partial charge in [-0.05, 0) is 57.6 Å². The largest absolute Gasteiger partial charge is 0.354 e. The van der Waals surface area contributed by atoms with Gasteiger partial charge in [0.15, 0.2) is 0 Å². The van der Waals surface area contributed by atoms with Crippen LogP contribution in [0, 0.1) is 0 Å². The van der Waals surface area contributed by atoms with Crippen molar-refractivity contribution in [2.24, 2.45) is 0 Å². The van der Waals surface area contributed by atoms with Crippen molar-refractivity contribution in [2.45, 2.75) is 15.2 Å². The van der Waals surface area contributed by atoms with E-state index in [1.807, 2.05) is 11.8 Å². The Hall–Kier alpha value is -3.75. The predicted molar refractivity (Wildman–Crippen MR) is 137 cm³/mol. The highest BCUT2D eigenvalue weighted by Gasteiger charge is 2.50. The molecule has 0 saturated heterocycles. The van der Waals surface area contributed by atoms with Gasteiger partial charge in [0.2, 0.25) is 0 Å². The lowest BCUT2D eigenvalue weighted by Gasteiger charge is -2.39. The maximum absolute atomic E-state index is 3.66. The molecule has 1 spiro atoms. The predicted octanol–water partition coefficient (Wildman–Crippen LogP) is 8.15. The number of fused-ring (bicyclic) bond motifs is 12. The highest BCUT2D eigenvalue weighted by Crippen LogP contribution is 2.62. The van der Waals surface area contributed by atoms with Crippen LogP contribution >= 0.6 is 11.8 Å². The highest BCUT2D eigenvalue weighted by atomic mass is 32.2. The van der Waals surface area contributed by atoms with E-state index < -0.39 is 0 Å². The molecule has 154 valence electrons. The molecule has 0 saturated carbocycles. The van der Waals surface area contributed by atoms with Crippen LogP contribution in [0.25, 0.3) is 32.9 Å². The molecule has 0 radical (unpaired) electrons. The van der Waals surface area contributed by atoms with Gasteiger partial charge >= 0.3 is 0 Å². The molecular formula is C31H19NS. The zero-order valence-corrected chi connectivity index (χ0v) is 18.6. The first-order chi connectivity index (χ1) is 16.4. The number of para-hydroxylation sites is 1. The quantitative estimate of drug-likeness (QED) is 0.253. The van der Waals surface area contributed by atoms with E-state index in [-0.39, 0.29) is 5.41 Å². The van der Waals surface area contributed by atoms with Crippen molar-refractivity contribution < 1.29 is 0 Å². The molecule has 1 nitrogen and oxygen atoms in total. The van der Waals surface area contributed by atoms with Gasteiger partial charge in [-0.3, -0.25) is 0 Å². The Bertz CT molecular complexity index is 1710. The van der Waals surface area contributed by atoms with Gasteiger partial charge in [-0.25, -0.2) is 0 Å². The maximum atomic E-state index is 3.66. The monoisotopic (exact) mass is 437 g/mol. The molecule has 0 amide bonds. The summed E-state index contributed by atoms with van der Waals surface area (Å²) >= 11 is 1.90. The number of nitrogens with one attached hydrogen (secondary N) is 1. The fourth-order valence-corrected chi connectivity index (χ4v) is 7.41. The second kappa shape index (κ2) is 6.18. The van der Waals surface area contributed by atoms with Crippen LogP contribution in [0.2, 0.25) is 0 Å². The van der Waals surface area contributed by atoms with Gasteiger partial charge in [-0.15, -0.1) is 0 Å². The van der Waals surface area contributed by atoms with E-state index in [0.29, 0.717) is 0 Å². The normalized spacial score (nSPS) is 14.8. The van der Waals surface area contributed by atoms with Crippen molar-refractivity contribution in [3.8, 4) is 11.1 Å². The molecule has 33 heavy (non-hydrogen) atoms. The summed E-state index contributed by atoms with van der Waals surface area (Å²) in [6.45, 7) is 0. The van der Waals surface area contributed by atoms with Crippen molar-refractivity contribution in [3.63, 3.8) is 0 Å². The Morgan fingerprint density at radius 2 is 1.12 bits per heavy atom. The zero-order chi connectivity index (χ0) is 21.6. The van der Waals surface area contributed by atoms with Crippen molar-refractivity contribution in [2.75, 3.05) is 0 Å². The molecule has 2 aliphatic rings. The lowest BCUT2D eigenvalue weighted by Crippen LogP contribution is -2.31. The number of rotatable bonds is 0. The lowest BCUT2D eigenvalue weighted by molar-refractivity contribution is 0.724. The first-order valence-corrected chi connectivity index (χ1v) is 12.2. The zero-order valence-electron chi connectivity index (χ0n) is 17.8. The van der Waals surface area contributed by atoms with Crippen molar-refractivity contribution >= 4 is 33.6 Å². The third-order valence-electron chi connectivity index (χ3n) is 7.47. The van der Waals surface area contributed by atoms with E-state index in [4.69, 9.17) is 0 Å². The Morgan fingerprint density at radius 3 is 1.91 bits per heavy atom. The maximum Gasteiger partial charge on any atom is 0.0735 e. The molecule has 5 aromatic carbocycles. The second-order valence-electron chi connectivity index (χ2n) is 9.00. The summed E-state index contributed by atoms with van der Waals surface area (Å²) in [5, 5.41) is 2.58. The van der Waals surface area contributed by atoms with Gasteiger partial charge in [-0.1, -0.05) is 96.7 Å². The molecule has 1 N–H and O–H groups in total. The molecule has 0 bridgehead atoms. The van der Waals surface area contributed by atoms with Crippen LogP contribution in [0.3, 0.4) is 0 Å². The molecule has 0 atom stereocenters. The highest BCUT2D eigenvalue weighted by molar-refractivity contribution is 7.99. The summed E-state index contributed by atoms with van der Waals surface area (Å²) in [7, 11) is 0. The number of hydrogen-bond donors (Lipinski definition) is 1. The summed E-state index contributed by atoms with van der Waals surface area (Å²) < 4.78 is 0. The van der Waals surface area contributed by atoms with Crippen LogP contribution in [-0.2, 0) is 5.41 Å². The first-order valence-electron chi connectivity index (χ1n) is 11.4. The van der Waals surface area contributed by atoms with E-state index in [9.17, 15) is 0 Å². The molecule has 2 heterocycles. The Morgan fingerprint density at radius 1 is 0.485 bits per heavy atom.